The van der Waals surface area contributed by atoms with Crippen molar-refractivity contribution in [1.29, 1.82) is 0 Å². The Labute approximate surface area is 73.8 Å². The molecular formula is C11H14N. The van der Waals surface area contributed by atoms with Crippen LogP contribution < -0.4 is 5.32 Å². The normalized spacial score (nSPS) is 18.3. The molecular weight excluding hydrogens is 146 g/mol. The molecule has 1 nitrogen and oxygen atoms in total. The topological polar surface area (TPSA) is 12.0 Å². The van der Waals surface area contributed by atoms with Gasteiger partial charge in [0.1, 0.15) is 0 Å². The summed E-state index contributed by atoms with van der Waals surface area (Å²) in [4.78, 5) is 0. The lowest BCUT2D eigenvalue weighted by Crippen LogP contribution is -2.09. The van der Waals surface area contributed by atoms with Crippen molar-refractivity contribution in [1.82, 2.24) is 5.32 Å². The third-order valence-corrected chi connectivity index (χ3v) is 2.33. The van der Waals surface area contributed by atoms with E-state index in [0.29, 0.717) is 0 Å². The van der Waals surface area contributed by atoms with Gasteiger partial charge in [0.2, 0.25) is 0 Å². The van der Waals surface area contributed by atoms with Crippen LogP contribution in [0.25, 0.3) is 0 Å². The third kappa shape index (κ3) is 1.86. The molecule has 1 heteroatoms. The molecule has 1 aromatic carbocycles. The maximum atomic E-state index is 3.36. The quantitative estimate of drug-likeness (QED) is 0.695. The van der Waals surface area contributed by atoms with Crippen molar-refractivity contribution < 1.29 is 0 Å². The largest absolute Gasteiger partial charge is 0.316 e. The average molecular weight is 160 g/mol. The first-order valence-electron chi connectivity index (χ1n) is 4.53. The van der Waals surface area contributed by atoms with Crippen LogP contribution in [0.4, 0.5) is 0 Å². The van der Waals surface area contributed by atoms with E-state index in [4.69, 9.17) is 0 Å². The summed E-state index contributed by atoms with van der Waals surface area (Å²) in [7, 11) is 0. The molecule has 0 aromatic heterocycles. The molecule has 2 rings (SSSR count). The van der Waals surface area contributed by atoms with Gasteiger partial charge in [-0.3, -0.25) is 0 Å². The van der Waals surface area contributed by atoms with Crippen LogP contribution in [-0.4, -0.2) is 13.1 Å². The molecule has 0 unspecified atom stereocenters. The van der Waals surface area contributed by atoms with E-state index in [1.54, 1.807) is 5.92 Å². The number of benzene rings is 1. The van der Waals surface area contributed by atoms with E-state index in [1.807, 2.05) is 0 Å². The van der Waals surface area contributed by atoms with Gasteiger partial charge in [-0.2, -0.15) is 0 Å². The molecule has 0 saturated carbocycles. The Balaban J connectivity index is 1.94. The maximum Gasteiger partial charge on any atom is 0.00174 e. The average Bonchev–Trinajstić information content (AvgIpc) is 2.59. The molecule has 1 fully saturated rings. The van der Waals surface area contributed by atoms with Crippen molar-refractivity contribution in [3.05, 3.63) is 41.8 Å². The van der Waals surface area contributed by atoms with Crippen LogP contribution in [0, 0.1) is 5.92 Å². The summed E-state index contributed by atoms with van der Waals surface area (Å²) in [5.41, 5.74) is 1.44. The fourth-order valence-corrected chi connectivity index (χ4v) is 1.65. The van der Waals surface area contributed by atoms with Gasteiger partial charge in [-0.25, -0.2) is 0 Å². The van der Waals surface area contributed by atoms with E-state index in [2.05, 4.69) is 35.6 Å². The van der Waals surface area contributed by atoms with Crippen molar-refractivity contribution in [2.75, 3.05) is 13.1 Å². The van der Waals surface area contributed by atoms with Gasteiger partial charge in [-0.15, -0.1) is 0 Å². The van der Waals surface area contributed by atoms with Crippen molar-refractivity contribution >= 4 is 0 Å². The van der Waals surface area contributed by atoms with Gasteiger partial charge >= 0.3 is 0 Å². The molecule has 0 aliphatic carbocycles. The first-order chi connectivity index (χ1) is 5.95. The maximum absolute atomic E-state index is 3.36. The zero-order valence-corrected chi connectivity index (χ0v) is 7.22. The molecule has 1 N–H and O–H groups in total. The van der Waals surface area contributed by atoms with Gasteiger partial charge in [0.15, 0.2) is 0 Å². The lowest BCUT2D eigenvalue weighted by Gasteiger charge is -2.06. The standard InChI is InChI=1S/C11H14N/c1-2-4-10(5-3-1)8-11-6-7-12-9-11/h1-5,12H,6-9H2. The minimum atomic E-state index is 1.12. The van der Waals surface area contributed by atoms with Gasteiger partial charge in [0.05, 0.1) is 0 Å². The summed E-state index contributed by atoms with van der Waals surface area (Å²) < 4.78 is 0. The second kappa shape index (κ2) is 3.72. The first kappa shape index (κ1) is 7.81. The molecule has 0 spiro atoms. The number of rotatable bonds is 2. The van der Waals surface area contributed by atoms with E-state index in [-0.39, 0.29) is 0 Å². The Kier molecular flexibility index (Phi) is 2.42. The number of hydrogen-bond donors (Lipinski definition) is 1. The predicted octanol–water partition coefficient (Wildman–Crippen LogP) is 1.80. The van der Waals surface area contributed by atoms with Crippen molar-refractivity contribution in [2.24, 2.45) is 0 Å². The monoisotopic (exact) mass is 160 g/mol. The highest BCUT2D eigenvalue weighted by Crippen LogP contribution is 2.16. The van der Waals surface area contributed by atoms with E-state index in [0.717, 1.165) is 13.0 Å². The van der Waals surface area contributed by atoms with Gasteiger partial charge in [0.25, 0.3) is 0 Å². The van der Waals surface area contributed by atoms with Crippen LogP contribution >= 0.6 is 0 Å². The first-order valence-corrected chi connectivity index (χ1v) is 4.53. The third-order valence-electron chi connectivity index (χ3n) is 2.33. The smallest absolute Gasteiger partial charge is 0.00174 e. The van der Waals surface area contributed by atoms with Crippen LogP contribution in [0.1, 0.15) is 12.0 Å². The van der Waals surface area contributed by atoms with Crippen LogP contribution in [0.5, 0.6) is 0 Å². The second-order valence-electron chi connectivity index (χ2n) is 3.34. The molecule has 0 bridgehead atoms. The molecule has 1 aliphatic rings. The summed E-state index contributed by atoms with van der Waals surface area (Å²) in [5, 5.41) is 3.36. The van der Waals surface area contributed by atoms with Gasteiger partial charge < -0.3 is 5.32 Å². The zero-order valence-electron chi connectivity index (χ0n) is 7.22. The highest BCUT2D eigenvalue weighted by atomic mass is 14.9. The van der Waals surface area contributed by atoms with Gasteiger partial charge in [0, 0.05) is 6.54 Å². The molecule has 0 amide bonds. The highest BCUT2D eigenvalue weighted by molar-refractivity contribution is 5.20. The predicted molar refractivity (Wildman–Crippen MR) is 50.9 cm³/mol. The van der Waals surface area contributed by atoms with Gasteiger partial charge in [-0.1, -0.05) is 30.3 Å². The Hall–Kier alpha value is -0.820. The zero-order chi connectivity index (χ0) is 8.23. The Morgan fingerprint density at radius 3 is 2.67 bits per heavy atom. The SMILES string of the molecule is c1ccc(C[C]2CCNC2)cc1. The highest BCUT2D eigenvalue weighted by Gasteiger charge is 2.14. The lowest BCUT2D eigenvalue weighted by atomic mass is 9.99. The Morgan fingerprint density at radius 1 is 1.17 bits per heavy atom. The molecule has 1 aliphatic heterocycles. The van der Waals surface area contributed by atoms with E-state index in [1.165, 1.54) is 18.5 Å². The van der Waals surface area contributed by atoms with E-state index in [9.17, 15) is 0 Å². The van der Waals surface area contributed by atoms with Crippen LogP contribution in [0.3, 0.4) is 0 Å². The number of nitrogens with one attached hydrogen (secondary N) is 1. The summed E-state index contributed by atoms with van der Waals surface area (Å²) in [5.74, 6) is 1.64. The van der Waals surface area contributed by atoms with E-state index >= 15 is 0 Å². The molecule has 63 valence electrons. The van der Waals surface area contributed by atoms with Crippen molar-refractivity contribution in [3.63, 3.8) is 0 Å². The summed E-state index contributed by atoms with van der Waals surface area (Å²) in [6.07, 6.45) is 2.42. The summed E-state index contributed by atoms with van der Waals surface area (Å²) in [6.45, 7) is 2.29. The van der Waals surface area contributed by atoms with Crippen LogP contribution in [-0.2, 0) is 6.42 Å². The Bertz CT molecular complexity index is 224. The Morgan fingerprint density at radius 2 is 2.00 bits per heavy atom. The fraction of sp³-hybridized carbons (Fsp3) is 0.364. The van der Waals surface area contributed by atoms with Crippen LogP contribution in [0.15, 0.2) is 30.3 Å². The molecule has 1 radical (unpaired) electrons. The molecule has 1 aromatic rings. The van der Waals surface area contributed by atoms with Crippen molar-refractivity contribution in [2.45, 2.75) is 12.8 Å². The van der Waals surface area contributed by atoms with E-state index < -0.39 is 0 Å². The van der Waals surface area contributed by atoms with Crippen LogP contribution in [0.2, 0.25) is 0 Å². The minimum absolute atomic E-state index is 1.12. The van der Waals surface area contributed by atoms with Gasteiger partial charge in [-0.05, 0) is 30.9 Å². The molecule has 12 heavy (non-hydrogen) atoms. The molecule has 1 heterocycles. The molecule has 1 saturated heterocycles. The summed E-state index contributed by atoms with van der Waals surface area (Å²) in [6, 6.07) is 10.7. The fourth-order valence-electron chi connectivity index (χ4n) is 1.65. The second-order valence-corrected chi connectivity index (χ2v) is 3.34. The lowest BCUT2D eigenvalue weighted by molar-refractivity contribution is 0.849. The number of hydrogen-bond acceptors (Lipinski definition) is 1. The van der Waals surface area contributed by atoms with Crippen molar-refractivity contribution in [3.8, 4) is 0 Å². The summed E-state index contributed by atoms with van der Waals surface area (Å²) >= 11 is 0. The molecule has 0 atom stereocenters. The minimum Gasteiger partial charge on any atom is -0.316 e.